The summed E-state index contributed by atoms with van der Waals surface area (Å²) in [6.07, 6.45) is 0. The highest BCUT2D eigenvalue weighted by atomic mass is 32.1. The Morgan fingerprint density at radius 1 is 0.692 bits per heavy atom. The molecular weight excluding hydrogens is 350 g/mol. The summed E-state index contributed by atoms with van der Waals surface area (Å²) in [6, 6.07) is 18.6. The molecule has 0 atom stereocenters. The van der Waals surface area contributed by atoms with Crippen LogP contribution in [0.1, 0.15) is 30.4 Å². The van der Waals surface area contributed by atoms with Gasteiger partial charge in [-0.1, -0.05) is 36.4 Å². The second-order valence-corrected chi connectivity index (χ2v) is 6.20. The molecule has 3 rings (SSSR count). The first-order chi connectivity index (χ1) is 12.6. The number of benzene rings is 2. The fourth-order valence-corrected chi connectivity index (χ4v) is 2.84. The van der Waals surface area contributed by atoms with Crippen LogP contribution in [0.3, 0.4) is 0 Å². The van der Waals surface area contributed by atoms with Crippen molar-refractivity contribution in [1.29, 1.82) is 0 Å². The first-order valence-corrected chi connectivity index (χ1v) is 8.63. The molecule has 3 aromatic rings. The topological polar surface area (TPSA) is 87.3 Å². The molecule has 0 unspecified atom stereocenters. The van der Waals surface area contributed by atoms with Gasteiger partial charge in [-0.05, 0) is 35.7 Å². The van der Waals surface area contributed by atoms with Gasteiger partial charge < -0.3 is 5.32 Å². The van der Waals surface area contributed by atoms with E-state index in [1.807, 2.05) is 0 Å². The molecule has 0 aliphatic rings. The number of carbonyl (C=O) groups is 3. The van der Waals surface area contributed by atoms with Crippen molar-refractivity contribution >= 4 is 34.7 Å². The van der Waals surface area contributed by atoms with Crippen LogP contribution < -0.4 is 16.2 Å². The zero-order chi connectivity index (χ0) is 18.4. The van der Waals surface area contributed by atoms with Gasteiger partial charge in [0.15, 0.2) is 0 Å². The van der Waals surface area contributed by atoms with E-state index in [0.717, 1.165) is 0 Å². The Labute approximate surface area is 153 Å². The summed E-state index contributed by atoms with van der Waals surface area (Å²) in [5.41, 5.74) is 5.74. The number of anilines is 1. The second kappa shape index (κ2) is 8.09. The largest absolute Gasteiger partial charge is 0.321 e. The number of carbonyl (C=O) groups excluding carboxylic acids is 3. The van der Waals surface area contributed by atoms with Crippen LogP contribution in [0.15, 0.2) is 72.1 Å². The Morgan fingerprint density at radius 3 is 2.12 bits per heavy atom. The van der Waals surface area contributed by atoms with Crippen molar-refractivity contribution in [1.82, 2.24) is 10.9 Å². The molecule has 0 saturated carbocycles. The number of hydrazine groups is 1. The first kappa shape index (κ1) is 17.4. The molecule has 2 aromatic carbocycles. The van der Waals surface area contributed by atoms with Crippen molar-refractivity contribution in [3.63, 3.8) is 0 Å². The van der Waals surface area contributed by atoms with E-state index in [9.17, 15) is 14.4 Å². The molecule has 1 heterocycles. The Morgan fingerprint density at radius 2 is 1.38 bits per heavy atom. The average Bonchev–Trinajstić information content (AvgIpc) is 3.22. The van der Waals surface area contributed by atoms with E-state index in [0.29, 0.717) is 16.1 Å². The van der Waals surface area contributed by atoms with E-state index < -0.39 is 11.8 Å². The normalized spacial score (nSPS) is 10.0. The zero-order valence-electron chi connectivity index (χ0n) is 13.6. The van der Waals surface area contributed by atoms with E-state index in [2.05, 4.69) is 16.2 Å². The van der Waals surface area contributed by atoms with Crippen molar-refractivity contribution < 1.29 is 14.4 Å². The minimum atomic E-state index is -0.531. The third kappa shape index (κ3) is 4.14. The first-order valence-electron chi connectivity index (χ1n) is 7.75. The van der Waals surface area contributed by atoms with Crippen LogP contribution in [0.2, 0.25) is 0 Å². The van der Waals surface area contributed by atoms with Gasteiger partial charge in [0.1, 0.15) is 0 Å². The van der Waals surface area contributed by atoms with E-state index >= 15 is 0 Å². The highest BCUT2D eigenvalue weighted by Crippen LogP contribution is 2.17. The van der Waals surface area contributed by atoms with E-state index in [4.69, 9.17) is 0 Å². The summed E-state index contributed by atoms with van der Waals surface area (Å²) in [6.45, 7) is 0. The van der Waals surface area contributed by atoms with E-state index in [1.54, 1.807) is 72.1 Å². The Hall–Kier alpha value is -3.45. The van der Waals surface area contributed by atoms with Crippen LogP contribution in [0.4, 0.5) is 5.69 Å². The molecule has 1 aromatic heterocycles. The lowest BCUT2D eigenvalue weighted by Gasteiger charge is -2.11. The molecule has 6 nitrogen and oxygen atoms in total. The van der Waals surface area contributed by atoms with Gasteiger partial charge >= 0.3 is 0 Å². The van der Waals surface area contributed by atoms with Gasteiger partial charge in [0.2, 0.25) is 0 Å². The van der Waals surface area contributed by atoms with E-state index in [1.165, 1.54) is 11.3 Å². The van der Waals surface area contributed by atoms with Gasteiger partial charge in [-0.2, -0.15) is 0 Å². The predicted octanol–water partition coefficient (Wildman–Crippen LogP) is 3.08. The monoisotopic (exact) mass is 365 g/mol. The predicted molar refractivity (Wildman–Crippen MR) is 100 cm³/mol. The van der Waals surface area contributed by atoms with Gasteiger partial charge in [0, 0.05) is 5.56 Å². The fraction of sp³-hybridized carbons (Fsp3) is 0. The molecule has 0 aliphatic carbocycles. The van der Waals surface area contributed by atoms with Crippen LogP contribution in [0.25, 0.3) is 0 Å². The molecule has 0 aliphatic heterocycles. The van der Waals surface area contributed by atoms with Gasteiger partial charge in [-0.3, -0.25) is 25.2 Å². The van der Waals surface area contributed by atoms with Crippen molar-refractivity contribution in [2.45, 2.75) is 0 Å². The SMILES string of the molecule is O=C(NNC(=O)c1ccccc1NC(=O)c1cccs1)c1ccccc1. The molecule has 0 spiro atoms. The fourth-order valence-electron chi connectivity index (χ4n) is 2.22. The van der Waals surface area contributed by atoms with Gasteiger partial charge in [-0.15, -0.1) is 11.3 Å². The summed E-state index contributed by atoms with van der Waals surface area (Å²) in [5.74, 6) is -1.26. The van der Waals surface area contributed by atoms with Crippen LogP contribution in [-0.4, -0.2) is 17.7 Å². The summed E-state index contributed by atoms with van der Waals surface area (Å²) in [5, 5.41) is 4.51. The molecule has 0 radical (unpaired) electrons. The zero-order valence-corrected chi connectivity index (χ0v) is 14.4. The number of thiophene rings is 1. The summed E-state index contributed by atoms with van der Waals surface area (Å²) < 4.78 is 0. The molecule has 7 heteroatoms. The molecular formula is C19H15N3O3S. The lowest BCUT2D eigenvalue weighted by atomic mass is 10.1. The number of hydrogen-bond acceptors (Lipinski definition) is 4. The maximum Gasteiger partial charge on any atom is 0.271 e. The lowest BCUT2D eigenvalue weighted by molar-refractivity contribution is 0.0847. The Balaban J connectivity index is 1.68. The molecule has 130 valence electrons. The van der Waals surface area contributed by atoms with Gasteiger partial charge in [0.05, 0.1) is 16.1 Å². The van der Waals surface area contributed by atoms with Gasteiger partial charge in [-0.25, -0.2) is 0 Å². The van der Waals surface area contributed by atoms with Crippen molar-refractivity contribution in [2.24, 2.45) is 0 Å². The summed E-state index contributed by atoms with van der Waals surface area (Å²) >= 11 is 1.31. The summed E-state index contributed by atoms with van der Waals surface area (Å²) in [4.78, 5) is 37.1. The smallest absolute Gasteiger partial charge is 0.271 e. The van der Waals surface area contributed by atoms with Crippen LogP contribution >= 0.6 is 11.3 Å². The Bertz CT molecular complexity index is 924. The standard InChI is InChI=1S/C19H15N3O3S/c23-17(13-7-2-1-3-8-13)21-22-18(24)14-9-4-5-10-15(14)20-19(25)16-11-6-12-26-16/h1-12H,(H,20,25)(H,21,23)(H,22,24). The molecule has 0 saturated heterocycles. The third-order valence-electron chi connectivity index (χ3n) is 3.49. The minimum absolute atomic E-state index is 0.241. The maximum atomic E-state index is 12.4. The highest BCUT2D eigenvalue weighted by Gasteiger charge is 2.15. The average molecular weight is 365 g/mol. The molecule has 0 fully saturated rings. The van der Waals surface area contributed by atoms with Crippen LogP contribution in [0.5, 0.6) is 0 Å². The number of hydrogen-bond donors (Lipinski definition) is 3. The number of para-hydroxylation sites is 1. The van der Waals surface area contributed by atoms with Crippen molar-refractivity contribution in [3.8, 4) is 0 Å². The molecule has 3 amide bonds. The Kier molecular flexibility index (Phi) is 5.40. The number of amides is 3. The van der Waals surface area contributed by atoms with Crippen LogP contribution in [0, 0.1) is 0 Å². The lowest BCUT2D eigenvalue weighted by Crippen LogP contribution is -2.41. The van der Waals surface area contributed by atoms with Crippen molar-refractivity contribution in [2.75, 3.05) is 5.32 Å². The van der Waals surface area contributed by atoms with E-state index in [-0.39, 0.29) is 11.5 Å². The molecule has 3 N–H and O–H groups in total. The highest BCUT2D eigenvalue weighted by molar-refractivity contribution is 7.12. The van der Waals surface area contributed by atoms with Crippen LogP contribution in [-0.2, 0) is 0 Å². The maximum absolute atomic E-state index is 12.4. The van der Waals surface area contributed by atoms with Crippen molar-refractivity contribution in [3.05, 3.63) is 88.1 Å². The quantitative estimate of drug-likeness (QED) is 0.621. The minimum Gasteiger partial charge on any atom is -0.321 e. The molecule has 26 heavy (non-hydrogen) atoms. The number of rotatable bonds is 4. The number of nitrogens with one attached hydrogen (secondary N) is 3. The van der Waals surface area contributed by atoms with Gasteiger partial charge in [0.25, 0.3) is 17.7 Å². The molecule has 0 bridgehead atoms. The second-order valence-electron chi connectivity index (χ2n) is 5.25. The summed E-state index contributed by atoms with van der Waals surface area (Å²) in [7, 11) is 0. The third-order valence-corrected chi connectivity index (χ3v) is 4.36.